The molecule has 0 fully saturated rings. The number of hydrogen-bond donors (Lipinski definition) is 2. The van der Waals surface area contributed by atoms with Crippen LogP contribution in [-0.2, 0) is 16.4 Å². The second kappa shape index (κ2) is 9.24. The van der Waals surface area contributed by atoms with E-state index in [1.807, 2.05) is 31.2 Å². The molecule has 6 nitrogen and oxygen atoms in total. The van der Waals surface area contributed by atoms with Crippen molar-refractivity contribution in [3.63, 3.8) is 0 Å². The second-order valence-electron chi connectivity index (χ2n) is 5.89. The fourth-order valence-electron chi connectivity index (χ4n) is 2.42. The van der Waals surface area contributed by atoms with E-state index in [-0.39, 0.29) is 5.91 Å². The van der Waals surface area contributed by atoms with Gasteiger partial charge in [-0.2, -0.15) is 0 Å². The first-order valence-electron chi connectivity index (χ1n) is 8.45. The van der Waals surface area contributed by atoms with E-state index in [0.717, 1.165) is 24.8 Å². The van der Waals surface area contributed by atoms with E-state index in [0.29, 0.717) is 24.4 Å². The van der Waals surface area contributed by atoms with Gasteiger partial charge in [0, 0.05) is 17.8 Å². The molecule has 0 atom stereocenters. The maximum Gasteiger partial charge on any atom is 0.251 e. The lowest BCUT2D eigenvalue weighted by Gasteiger charge is -2.08. The number of carbonyl (C=O) groups is 1. The second-order valence-corrected chi connectivity index (χ2v) is 7.64. The van der Waals surface area contributed by atoms with Crippen LogP contribution in [-0.4, -0.2) is 33.7 Å². The summed E-state index contributed by atoms with van der Waals surface area (Å²) in [6.45, 7) is 3.17. The molecule has 0 spiro atoms. The van der Waals surface area contributed by atoms with Crippen molar-refractivity contribution in [2.24, 2.45) is 0 Å². The summed E-state index contributed by atoms with van der Waals surface area (Å²) in [6.07, 6.45) is 2.77. The molecule has 2 aromatic carbocycles. The fraction of sp³-hybridized carbons (Fsp3) is 0.316. The van der Waals surface area contributed by atoms with Gasteiger partial charge in [-0.1, -0.05) is 12.1 Å². The average Bonchev–Trinajstić information content (AvgIpc) is 2.59. The van der Waals surface area contributed by atoms with Crippen LogP contribution >= 0.6 is 0 Å². The molecule has 2 rings (SSSR count). The van der Waals surface area contributed by atoms with Crippen LogP contribution in [0.4, 0.5) is 5.69 Å². The highest BCUT2D eigenvalue weighted by Gasteiger charge is 2.06. The molecule has 0 heterocycles. The van der Waals surface area contributed by atoms with Crippen LogP contribution in [0.3, 0.4) is 0 Å². The zero-order valence-electron chi connectivity index (χ0n) is 15.0. The lowest BCUT2D eigenvalue weighted by atomic mass is 10.1. The summed E-state index contributed by atoms with van der Waals surface area (Å²) in [4.78, 5) is 12.1. The SMILES string of the molecule is CCOc1ccc(CCCNC(=O)c2ccc(NS(C)(=O)=O)cc2)cc1. The molecule has 0 unspecified atom stereocenters. The van der Waals surface area contributed by atoms with E-state index in [1.54, 1.807) is 24.3 Å². The highest BCUT2D eigenvalue weighted by Crippen LogP contribution is 2.13. The molecule has 0 saturated heterocycles. The summed E-state index contributed by atoms with van der Waals surface area (Å²) >= 11 is 0. The lowest BCUT2D eigenvalue weighted by Crippen LogP contribution is -2.24. The van der Waals surface area contributed by atoms with Gasteiger partial charge in [0.15, 0.2) is 0 Å². The Morgan fingerprint density at radius 2 is 1.69 bits per heavy atom. The minimum absolute atomic E-state index is 0.178. The van der Waals surface area contributed by atoms with Crippen molar-refractivity contribution in [1.29, 1.82) is 0 Å². The molecule has 0 aliphatic rings. The first kappa shape index (κ1) is 19.8. The first-order chi connectivity index (χ1) is 12.4. The van der Waals surface area contributed by atoms with Crippen LogP contribution < -0.4 is 14.8 Å². The zero-order valence-corrected chi connectivity index (χ0v) is 15.8. The highest BCUT2D eigenvalue weighted by molar-refractivity contribution is 7.92. The van der Waals surface area contributed by atoms with Crippen molar-refractivity contribution in [2.45, 2.75) is 19.8 Å². The van der Waals surface area contributed by atoms with Gasteiger partial charge in [0.05, 0.1) is 12.9 Å². The van der Waals surface area contributed by atoms with Gasteiger partial charge >= 0.3 is 0 Å². The summed E-state index contributed by atoms with van der Waals surface area (Å²) in [5.41, 5.74) is 2.11. The summed E-state index contributed by atoms with van der Waals surface area (Å²) in [5.74, 6) is 0.681. The fourth-order valence-corrected chi connectivity index (χ4v) is 2.98. The Labute approximate surface area is 154 Å². The standard InChI is InChI=1S/C19H24N2O4S/c1-3-25-18-12-6-15(7-13-18)5-4-14-20-19(22)16-8-10-17(11-9-16)21-26(2,23)24/h6-13,21H,3-5,14H2,1-2H3,(H,20,22). The van der Waals surface area contributed by atoms with E-state index in [4.69, 9.17) is 4.74 Å². The number of sulfonamides is 1. The van der Waals surface area contributed by atoms with Gasteiger partial charge in [-0.15, -0.1) is 0 Å². The monoisotopic (exact) mass is 376 g/mol. The molecule has 0 saturated carbocycles. The third kappa shape index (κ3) is 6.76. The molecule has 2 aromatic rings. The topological polar surface area (TPSA) is 84.5 Å². The summed E-state index contributed by atoms with van der Waals surface area (Å²) in [6, 6.07) is 14.3. The largest absolute Gasteiger partial charge is 0.494 e. The van der Waals surface area contributed by atoms with Crippen LogP contribution in [0.15, 0.2) is 48.5 Å². The Morgan fingerprint density at radius 3 is 2.27 bits per heavy atom. The summed E-state index contributed by atoms with van der Waals surface area (Å²) in [5, 5.41) is 2.87. The predicted octanol–water partition coefficient (Wildman–Crippen LogP) is 2.82. The number of benzene rings is 2. The highest BCUT2D eigenvalue weighted by atomic mass is 32.2. The third-order valence-corrected chi connectivity index (χ3v) is 4.22. The van der Waals surface area contributed by atoms with Gasteiger partial charge in [-0.3, -0.25) is 9.52 Å². The molecular formula is C19H24N2O4S. The van der Waals surface area contributed by atoms with Crippen molar-refractivity contribution in [2.75, 3.05) is 24.1 Å². The van der Waals surface area contributed by atoms with Crippen molar-refractivity contribution in [1.82, 2.24) is 5.32 Å². The average molecular weight is 376 g/mol. The molecular weight excluding hydrogens is 352 g/mol. The molecule has 0 aliphatic carbocycles. The number of hydrogen-bond acceptors (Lipinski definition) is 4. The van der Waals surface area contributed by atoms with E-state index >= 15 is 0 Å². The number of nitrogens with one attached hydrogen (secondary N) is 2. The molecule has 7 heteroatoms. The number of rotatable bonds is 9. The number of ether oxygens (including phenoxy) is 1. The van der Waals surface area contributed by atoms with Gasteiger partial charge in [-0.05, 0) is 61.7 Å². The van der Waals surface area contributed by atoms with Gasteiger partial charge in [0.25, 0.3) is 5.91 Å². The smallest absolute Gasteiger partial charge is 0.251 e. The normalized spacial score (nSPS) is 11.0. The quantitative estimate of drug-likeness (QED) is 0.659. The van der Waals surface area contributed by atoms with Crippen LogP contribution in [0.1, 0.15) is 29.3 Å². The number of carbonyl (C=O) groups excluding carboxylic acids is 1. The number of anilines is 1. The molecule has 26 heavy (non-hydrogen) atoms. The summed E-state index contributed by atoms with van der Waals surface area (Å²) < 4.78 is 30.1. The van der Waals surface area contributed by atoms with Crippen LogP contribution in [0.2, 0.25) is 0 Å². The first-order valence-corrected chi connectivity index (χ1v) is 10.3. The molecule has 1 amide bonds. The predicted molar refractivity (Wildman–Crippen MR) is 103 cm³/mol. The Hall–Kier alpha value is -2.54. The Morgan fingerprint density at radius 1 is 1.04 bits per heavy atom. The molecule has 0 aromatic heterocycles. The van der Waals surface area contributed by atoms with Gasteiger partial charge in [0.1, 0.15) is 5.75 Å². The van der Waals surface area contributed by atoms with E-state index < -0.39 is 10.0 Å². The van der Waals surface area contributed by atoms with E-state index in [9.17, 15) is 13.2 Å². The van der Waals surface area contributed by atoms with Crippen molar-refractivity contribution < 1.29 is 17.9 Å². The Bertz CT molecular complexity index is 816. The molecule has 0 radical (unpaired) electrons. The maximum absolute atomic E-state index is 12.1. The van der Waals surface area contributed by atoms with Crippen LogP contribution in [0.25, 0.3) is 0 Å². The number of aryl methyl sites for hydroxylation is 1. The number of amides is 1. The van der Waals surface area contributed by atoms with Crippen molar-refractivity contribution in [3.05, 3.63) is 59.7 Å². The van der Waals surface area contributed by atoms with E-state index in [2.05, 4.69) is 10.0 Å². The molecule has 0 bridgehead atoms. The van der Waals surface area contributed by atoms with Crippen molar-refractivity contribution in [3.8, 4) is 5.75 Å². The summed E-state index contributed by atoms with van der Waals surface area (Å²) in [7, 11) is -3.32. The molecule has 140 valence electrons. The maximum atomic E-state index is 12.1. The van der Waals surface area contributed by atoms with Crippen LogP contribution in [0.5, 0.6) is 5.75 Å². The minimum Gasteiger partial charge on any atom is -0.494 e. The Balaban J connectivity index is 1.76. The zero-order chi connectivity index (χ0) is 19.0. The minimum atomic E-state index is -3.32. The van der Waals surface area contributed by atoms with Gasteiger partial charge in [0.2, 0.25) is 10.0 Å². The molecule has 0 aliphatic heterocycles. The lowest BCUT2D eigenvalue weighted by molar-refractivity contribution is 0.0953. The van der Waals surface area contributed by atoms with Crippen LogP contribution in [0, 0.1) is 0 Å². The Kier molecular flexibility index (Phi) is 7.03. The molecule has 2 N–H and O–H groups in total. The van der Waals surface area contributed by atoms with Gasteiger partial charge < -0.3 is 10.1 Å². The van der Waals surface area contributed by atoms with Gasteiger partial charge in [-0.25, -0.2) is 8.42 Å². The van der Waals surface area contributed by atoms with Crippen molar-refractivity contribution >= 4 is 21.6 Å². The third-order valence-electron chi connectivity index (χ3n) is 3.61. The van der Waals surface area contributed by atoms with E-state index in [1.165, 1.54) is 5.56 Å².